The summed E-state index contributed by atoms with van der Waals surface area (Å²) in [6.07, 6.45) is 0. The van der Waals surface area contributed by atoms with Gasteiger partial charge in [0.2, 0.25) is 5.91 Å². The van der Waals surface area contributed by atoms with Gasteiger partial charge in [-0.25, -0.2) is 0 Å². The van der Waals surface area contributed by atoms with E-state index in [-0.39, 0.29) is 24.4 Å². The number of nitrogens with zero attached hydrogens (tertiary/aromatic N) is 1. The predicted molar refractivity (Wildman–Crippen MR) is 94.3 cm³/mol. The van der Waals surface area contributed by atoms with Crippen molar-refractivity contribution < 1.29 is 9.59 Å². The largest absolute Gasteiger partial charge is 0.352 e. The monoisotopic (exact) mass is 338 g/mol. The van der Waals surface area contributed by atoms with Crippen LogP contribution < -0.4 is 5.32 Å². The van der Waals surface area contributed by atoms with E-state index >= 15 is 0 Å². The summed E-state index contributed by atoms with van der Waals surface area (Å²) in [7, 11) is 1.65. The van der Waals surface area contributed by atoms with Crippen LogP contribution in [0.25, 0.3) is 0 Å². The molecule has 0 unspecified atom stereocenters. The first-order chi connectivity index (χ1) is 10.5. The molecule has 0 aromatic heterocycles. The van der Waals surface area contributed by atoms with Crippen LogP contribution in [0.5, 0.6) is 0 Å². The molecule has 120 valence electrons. The van der Waals surface area contributed by atoms with Crippen molar-refractivity contribution in [1.29, 1.82) is 0 Å². The Balaban J connectivity index is 1.95. The number of rotatable bonds is 5. The molecule has 2 rings (SSSR count). The Labute approximate surface area is 140 Å². The molecule has 4 nitrogen and oxygen atoms in total. The molecular formula is C16H22N2O2S2. The molecule has 2 amide bonds. The Kier molecular flexibility index (Phi) is 6.20. The molecule has 22 heavy (non-hydrogen) atoms. The van der Waals surface area contributed by atoms with Crippen LogP contribution in [0.4, 0.5) is 0 Å². The van der Waals surface area contributed by atoms with E-state index < -0.39 is 0 Å². The highest BCUT2D eigenvalue weighted by Gasteiger charge is 2.19. The van der Waals surface area contributed by atoms with Gasteiger partial charge in [-0.1, -0.05) is 12.1 Å². The van der Waals surface area contributed by atoms with Crippen LogP contribution in [0.1, 0.15) is 34.4 Å². The molecule has 1 heterocycles. The first-order valence-corrected chi connectivity index (χ1v) is 9.45. The molecule has 1 aromatic rings. The first kappa shape index (κ1) is 17.2. The lowest BCUT2D eigenvalue weighted by Crippen LogP contribution is -2.40. The van der Waals surface area contributed by atoms with Crippen molar-refractivity contribution >= 4 is 35.3 Å². The summed E-state index contributed by atoms with van der Waals surface area (Å²) >= 11 is 3.89. The van der Waals surface area contributed by atoms with Crippen LogP contribution in [0.15, 0.2) is 24.3 Å². The molecule has 1 aliphatic rings. The van der Waals surface area contributed by atoms with Crippen LogP contribution in [0, 0.1) is 0 Å². The van der Waals surface area contributed by atoms with E-state index in [1.807, 2.05) is 61.6 Å². The Hall–Kier alpha value is -1.14. The number of carbonyl (C=O) groups is 2. The van der Waals surface area contributed by atoms with Crippen LogP contribution in [-0.4, -0.2) is 47.9 Å². The molecule has 6 heteroatoms. The van der Waals surface area contributed by atoms with Gasteiger partial charge in [-0.2, -0.15) is 0 Å². The molecule has 1 N–H and O–H groups in total. The maximum absolute atomic E-state index is 12.3. The molecule has 0 radical (unpaired) electrons. The van der Waals surface area contributed by atoms with Gasteiger partial charge in [-0.3, -0.25) is 9.59 Å². The van der Waals surface area contributed by atoms with Gasteiger partial charge >= 0.3 is 0 Å². The molecule has 0 atom stereocenters. The van der Waals surface area contributed by atoms with E-state index in [0.29, 0.717) is 10.1 Å². The molecule has 1 fully saturated rings. The lowest BCUT2D eigenvalue weighted by Gasteiger charge is -2.18. The first-order valence-electron chi connectivity index (χ1n) is 7.35. The lowest BCUT2D eigenvalue weighted by atomic mass is 10.1. The molecule has 1 saturated heterocycles. The second-order valence-electron chi connectivity index (χ2n) is 5.58. The van der Waals surface area contributed by atoms with Crippen LogP contribution in [-0.2, 0) is 4.79 Å². The van der Waals surface area contributed by atoms with Gasteiger partial charge in [0.05, 0.1) is 11.1 Å². The maximum Gasteiger partial charge on any atom is 0.254 e. The van der Waals surface area contributed by atoms with Gasteiger partial charge in [0, 0.05) is 30.2 Å². The molecule has 0 spiro atoms. The van der Waals surface area contributed by atoms with Crippen molar-refractivity contribution in [3.63, 3.8) is 0 Å². The molecule has 0 bridgehead atoms. The number of amides is 2. The van der Waals surface area contributed by atoms with Crippen molar-refractivity contribution in [2.75, 3.05) is 25.1 Å². The second kappa shape index (κ2) is 7.92. The van der Waals surface area contributed by atoms with E-state index in [9.17, 15) is 9.59 Å². The number of benzene rings is 1. The minimum Gasteiger partial charge on any atom is -0.352 e. The number of likely N-dealkylation sites (N-methyl/N-ethyl adjacent to an activating group) is 1. The van der Waals surface area contributed by atoms with E-state index in [1.165, 1.54) is 22.0 Å². The number of thioether (sulfide) groups is 2. The van der Waals surface area contributed by atoms with Gasteiger partial charge < -0.3 is 10.2 Å². The van der Waals surface area contributed by atoms with Crippen molar-refractivity contribution in [1.82, 2.24) is 10.2 Å². The normalized spacial score (nSPS) is 15.1. The average Bonchev–Trinajstić information content (AvgIpc) is 2.99. The molecule has 0 saturated carbocycles. The molecule has 1 aromatic carbocycles. The summed E-state index contributed by atoms with van der Waals surface area (Å²) in [6, 6.07) is 7.83. The number of hydrogen-bond acceptors (Lipinski definition) is 4. The highest BCUT2D eigenvalue weighted by Crippen LogP contribution is 2.45. The standard InChI is InChI=1S/C16H22N2O2S2/c1-11(2)17-14(19)10-18(3)15(20)12-4-6-13(7-5-12)16-21-8-9-22-16/h4-7,11,16H,8-10H2,1-3H3,(H,17,19). The SMILES string of the molecule is CC(C)NC(=O)CN(C)C(=O)c1ccc(C2SCCS2)cc1. The van der Waals surface area contributed by atoms with Gasteiger partial charge in [-0.05, 0) is 31.5 Å². The van der Waals surface area contributed by atoms with Crippen LogP contribution in [0.2, 0.25) is 0 Å². The summed E-state index contributed by atoms with van der Waals surface area (Å²) in [5.74, 6) is 2.10. The van der Waals surface area contributed by atoms with Crippen molar-refractivity contribution in [3.05, 3.63) is 35.4 Å². The van der Waals surface area contributed by atoms with E-state index in [4.69, 9.17) is 0 Å². The third-order valence-electron chi connectivity index (χ3n) is 3.23. The summed E-state index contributed by atoms with van der Waals surface area (Å²) in [5.41, 5.74) is 1.88. The van der Waals surface area contributed by atoms with E-state index in [2.05, 4.69) is 5.32 Å². The molecular weight excluding hydrogens is 316 g/mol. The van der Waals surface area contributed by atoms with Gasteiger partial charge in [-0.15, -0.1) is 23.5 Å². The summed E-state index contributed by atoms with van der Waals surface area (Å²) in [5, 5.41) is 2.79. The number of hydrogen-bond donors (Lipinski definition) is 1. The maximum atomic E-state index is 12.3. The fourth-order valence-corrected chi connectivity index (χ4v) is 5.07. The van der Waals surface area contributed by atoms with Crippen molar-refractivity contribution in [3.8, 4) is 0 Å². The fourth-order valence-electron chi connectivity index (χ4n) is 2.21. The zero-order chi connectivity index (χ0) is 16.1. The number of nitrogens with one attached hydrogen (secondary N) is 1. The van der Waals surface area contributed by atoms with Crippen LogP contribution in [0.3, 0.4) is 0 Å². The quantitative estimate of drug-likeness (QED) is 0.897. The summed E-state index contributed by atoms with van der Waals surface area (Å²) in [4.78, 5) is 25.5. The molecule has 1 aliphatic heterocycles. The number of carbonyl (C=O) groups excluding carboxylic acids is 2. The van der Waals surface area contributed by atoms with Gasteiger partial charge in [0.25, 0.3) is 5.91 Å². The zero-order valence-electron chi connectivity index (χ0n) is 13.2. The second-order valence-corrected chi connectivity index (χ2v) is 8.30. The summed E-state index contributed by atoms with van der Waals surface area (Å²) in [6.45, 7) is 3.88. The summed E-state index contributed by atoms with van der Waals surface area (Å²) < 4.78 is 0.485. The zero-order valence-corrected chi connectivity index (χ0v) is 14.8. The Bertz CT molecular complexity index is 525. The molecule has 0 aliphatic carbocycles. The Morgan fingerprint density at radius 2 is 1.82 bits per heavy atom. The Morgan fingerprint density at radius 3 is 2.36 bits per heavy atom. The third-order valence-corrected chi connectivity index (χ3v) is 6.33. The van der Waals surface area contributed by atoms with Gasteiger partial charge in [0.1, 0.15) is 0 Å². The lowest BCUT2D eigenvalue weighted by molar-refractivity contribution is -0.122. The minimum absolute atomic E-state index is 0.0765. The highest BCUT2D eigenvalue weighted by molar-refractivity contribution is 8.19. The fraction of sp³-hybridized carbons (Fsp3) is 0.500. The smallest absolute Gasteiger partial charge is 0.254 e. The average molecular weight is 338 g/mol. The van der Waals surface area contributed by atoms with Crippen molar-refractivity contribution in [2.45, 2.75) is 24.5 Å². The minimum atomic E-state index is -0.138. The van der Waals surface area contributed by atoms with Crippen molar-refractivity contribution in [2.24, 2.45) is 0 Å². The van der Waals surface area contributed by atoms with Gasteiger partial charge in [0.15, 0.2) is 0 Å². The third kappa shape index (κ3) is 4.68. The predicted octanol–water partition coefficient (Wildman–Crippen LogP) is 2.76. The Morgan fingerprint density at radius 1 is 1.23 bits per heavy atom. The van der Waals surface area contributed by atoms with Crippen LogP contribution >= 0.6 is 23.5 Å². The highest BCUT2D eigenvalue weighted by atomic mass is 32.2. The topological polar surface area (TPSA) is 49.4 Å². The van der Waals surface area contributed by atoms with E-state index in [0.717, 1.165) is 0 Å². The van der Waals surface area contributed by atoms with E-state index in [1.54, 1.807) is 7.05 Å².